The Morgan fingerprint density at radius 3 is 2.59 bits per heavy atom. The summed E-state index contributed by atoms with van der Waals surface area (Å²) in [4.78, 5) is 26.9. The highest BCUT2D eigenvalue weighted by Crippen LogP contribution is 2.29. The average Bonchev–Trinajstić information content (AvgIpc) is 3.28. The van der Waals surface area contributed by atoms with E-state index in [0.29, 0.717) is 17.2 Å². The lowest BCUT2D eigenvalue weighted by Crippen LogP contribution is -2.17. The van der Waals surface area contributed by atoms with Crippen molar-refractivity contribution in [3.8, 4) is 0 Å². The molecule has 3 heterocycles. The minimum Gasteiger partial charge on any atom is -0.382 e. The van der Waals surface area contributed by atoms with Gasteiger partial charge in [0.1, 0.15) is 17.5 Å². The maximum absolute atomic E-state index is 13.0. The van der Waals surface area contributed by atoms with E-state index < -0.39 is 16.7 Å². The number of thiophene rings is 1. The van der Waals surface area contributed by atoms with Gasteiger partial charge in [-0.1, -0.05) is 23.8 Å². The van der Waals surface area contributed by atoms with Crippen molar-refractivity contribution in [2.45, 2.75) is 11.8 Å². The number of nitrogens with two attached hydrogens (primary N) is 1. The Kier molecular flexibility index (Phi) is 5.68. The topological polar surface area (TPSA) is 123 Å². The summed E-state index contributed by atoms with van der Waals surface area (Å²) < 4.78 is 12.4. The van der Waals surface area contributed by atoms with Crippen LogP contribution in [0.25, 0.3) is 21.0 Å². The normalized spacial score (nSPS) is 12.1. The van der Waals surface area contributed by atoms with Crippen LogP contribution in [-0.2, 0) is 10.8 Å². The van der Waals surface area contributed by atoms with Crippen LogP contribution < -0.4 is 16.4 Å². The third kappa shape index (κ3) is 4.33. The number of hydrogen-bond donors (Lipinski definition) is 3. The zero-order valence-electron chi connectivity index (χ0n) is 18.3. The smallest absolute Gasteiger partial charge is 0.294 e. The van der Waals surface area contributed by atoms with Crippen LogP contribution in [0.5, 0.6) is 0 Å². The van der Waals surface area contributed by atoms with E-state index in [1.165, 1.54) is 11.3 Å². The summed E-state index contributed by atoms with van der Waals surface area (Å²) in [5, 5.41) is 9.65. The highest BCUT2D eigenvalue weighted by molar-refractivity contribution is 7.84. The van der Waals surface area contributed by atoms with E-state index in [-0.39, 0.29) is 11.6 Å². The molecule has 5 aromatic rings. The number of aromatic nitrogens is 3. The molecule has 1 unspecified atom stereocenters. The van der Waals surface area contributed by atoms with Gasteiger partial charge in [0.25, 0.3) is 5.91 Å². The first-order chi connectivity index (χ1) is 16.4. The van der Waals surface area contributed by atoms with E-state index >= 15 is 0 Å². The fourth-order valence-corrected chi connectivity index (χ4v) is 4.82. The fraction of sp³-hybridized carbons (Fsp3) is 0.0833. The number of pyridine rings is 1. The number of hydrogen-bond acceptors (Lipinski definition) is 8. The van der Waals surface area contributed by atoms with Gasteiger partial charge >= 0.3 is 0 Å². The molecule has 5 rings (SSSR count). The number of amides is 1. The van der Waals surface area contributed by atoms with Crippen molar-refractivity contribution in [3.05, 3.63) is 71.4 Å². The number of carbonyl (C=O) groups is 1. The molecule has 8 nitrogen and oxygen atoms in total. The first-order valence-electron chi connectivity index (χ1n) is 10.3. The van der Waals surface area contributed by atoms with Crippen LogP contribution in [0.1, 0.15) is 16.2 Å². The number of nitrogen functional groups attached to an aromatic ring is 1. The zero-order valence-corrected chi connectivity index (χ0v) is 20.0. The molecule has 1 amide bonds. The van der Waals surface area contributed by atoms with Crippen LogP contribution in [0.3, 0.4) is 0 Å². The standard InChI is InChI=1S/C24H20N6O2S2/c1-13-3-8-17-14(11-13)12-19(26-15-4-6-16(7-5-15)34(2)32)28-22(17)30-24(31)23-27-18-9-10-33-20(18)21(25)29-23/h3-12H,1-2H3,(H2,25,27,29)(H2,26,28,30,31). The fourth-order valence-electron chi connectivity index (χ4n) is 3.57. The van der Waals surface area contributed by atoms with Crippen molar-refractivity contribution >= 4 is 72.2 Å². The van der Waals surface area contributed by atoms with E-state index in [9.17, 15) is 9.00 Å². The van der Waals surface area contributed by atoms with Gasteiger partial charge in [-0.15, -0.1) is 11.3 Å². The Hall–Kier alpha value is -3.89. The summed E-state index contributed by atoms with van der Waals surface area (Å²) in [7, 11) is -1.05. The molecule has 0 aliphatic rings. The second-order valence-electron chi connectivity index (χ2n) is 7.71. The Morgan fingerprint density at radius 1 is 1.03 bits per heavy atom. The van der Waals surface area contributed by atoms with Crippen LogP contribution in [0.2, 0.25) is 0 Å². The largest absolute Gasteiger partial charge is 0.382 e. The van der Waals surface area contributed by atoms with E-state index in [2.05, 4.69) is 25.6 Å². The molecular formula is C24H20N6O2S2. The molecule has 0 bridgehead atoms. The quantitative estimate of drug-likeness (QED) is 0.323. The Balaban J connectivity index is 1.51. The van der Waals surface area contributed by atoms with Crippen molar-refractivity contribution in [3.63, 3.8) is 0 Å². The van der Waals surface area contributed by atoms with Gasteiger partial charge in [-0.3, -0.25) is 9.00 Å². The zero-order chi connectivity index (χ0) is 23.8. The number of aryl methyl sites for hydroxylation is 1. The van der Waals surface area contributed by atoms with Crippen molar-refractivity contribution in [2.24, 2.45) is 0 Å². The summed E-state index contributed by atoms with van der Waals surface area (Å²) in [6, 6.07) is 16.9. The number of nitrogens with one attached hydrogen (secondary N) is 2. The molecular weight excluding hydrogens is 468 g/mol. The first kappa shape index (κ1) is 21.9. The predicted octanol–water partition coefficient (Wildman–Crippen LogP) is 4.86. The Labute approximate surface area is 201 Å². The van der Waals surface area contributed by atoms with E-state index in [1.54, 1.807) is 24.5 Å². The summed E-state index contributed by atoms with van der Waals surface area (Å²) >= 11 is 1.43. The maximum atomic E-state index is 13.0. The van der Waals surface area contributed by atoms with Gasteiger partial charge in [0.15, 0.2) is 0 Å². The molecule has 0 aliphatic carbocycles. The van der Waals surface area contributed by atoms with Gasteiger partial charge in [-0.05, 0) is 54.1 Å². The molecule has 0 spiro atoms. The second-order valence-corrected chi connectivity index (χ2v) is 10.0. The van der Waals surface area contributed by atoms with Crippen LogP contribution in [0.15, 0.2) is 64.9 Å². The predicted molar refractivity (Wildman–Crippen MR) is 138 cm³/mol. The van der Waals surface area contributed by atoms with Crippen LogP contribution in [0.4, 0.5) is 23.1 Å². The molecule has 4 N–H and O–H groups in total. The van der Waals surface area contributed by atoms with Gasteiger partial charge in [0, 0.05) is 33.0 Å². The second kappa shape index (κ2) is 8.81. The molecule has 0 radical (unpaired) electrons. The molecule has 34 heavy (non-hydrogen) atoms. The number of carbonyl (C=O) groups excluding carboxylic acids is 1. The van der Waals surface area contributed by atoms with Crippen molar-refractivity contribution < 1.29 is 9.00 Å². The van der Waals surface area contributed by atoms with E-state index in [1.807, 2.05) is 48.7 Å². The molecule has 170 valence electrons. The first-order valence-corrected chi connectivity index (χ1v) is 12.7. The van der Waals surface area contributed by atoms with Gasteiger partial charge in [0.2, 0.25) is 5.82 Å². The summed E-state index contributed by atoms with van der Waals surface area (Å²) in [5.41, 5.74) is 8.50. The highest BCUT2D eigenvalue weighted by atomic mass is 32.2. The van der Waals surface area contributed by atoms with Crippen molar-refractivity contribution in [1.29, 1.82) is 0 Å². The lowest BCUT2D eigenvalue weighted by atomic mass is 10.1. The molecule has 3 aromatic heterocycles. The van der Waals surface area contributed by atoms with Crippen LogP contribution >= 0.6 is 11.3 Å². The number of fused-ring (bicyclic) bond motifs is 2. The molecule has 0 saturated carbocycles. The SMILES string of the molecule is Cc1ccc2c(NC(=O)c3nc(N)c4sccc4n3)nc(Nc3ccc(S(C)=O)cc3)cc2c1. The van der Waals surface area contributed by atoms with Gasteiger partial charge in [0.05, 0.1) is 10.2 Å². The summed E-state index contributed by atoms with van der Waals surface area (Å²) in [6.45, 7) is 2.00. The van der Waals surface area contributed by atoms with Crippen LogP contribution in [0, 0.1) is 6.92 Å². The number of benzene rings is 2. The van der Waals surface area contributed by atoms with Gasteiger partial charge in [-0.2, -0.15) is 0 Å². The molecule has 0 aliphatic heterocycles. The molecule has 1 atom stereocenters. The Morgan fingerprint density at radius 2 is 1.82 bits per heavy atom. The van der Waals surface area contributed by atoms with Crippen molar-refractivity contribution in [2.75, 3.05) is 22.6 Å². The Bertz CT molecular complexity index is 1580. The van der Waals surface area contributed by atoms with Gasteiger partial charge in [-0.25, -0.2) is 15.0 Å². The molecule has 2 aromatic carbocycles. The lowest BCUT2D eigenvalue weighted by molar-refractivity contribution is 0.101. The minimum atomic E-state index is -1.05. The van der Waals surface area contributed by atoms with Gasteiger partial charge < -0.3 is 16.4 Å². The maximum Gasteiger partial charge on any atom is 0.294 e. The third-order valence-electron chi connectivity index (χ3n) is 5.21. The number of rotatable bonds is 5. The number of nitrogens with zero attached hydrogens (tertiary/aromatic N) is 3. The van der Waals surface area contributed by atoms with E-state index in [4.69, 9.17) is 5.73 Å². The summed E-state index contributed by atoms with van der Waals surface area (Å²) in [6.07, 6.45) is 1.64. The minimum absolute atomic E-state index is 0.0213. The van der Waals surface area contributed by atoms with E-state index in [0.717, 1.165) is 31.6 Å². The monoisotopic (exact) mass is 488 g/mol. The summed E-state index contributed by atoms with van der Waals surface area (Å²) in [5.74, 6) is 0.676. The molecule has 0 fully saturated rings. The molecule has 0 saturated heterocycles. The third-order valence-corrected chi connectivity index (χ3v) is 7.07. The molecule has 10 heteroatoms. The number of anilines is 4. The van der Waals surface area contributed by atoms with Crippen molar-refractivity contribution in [1.82, 2.24) is 15.0 Å². The lowest BCUT2D eigenvalue weighted by Gasteiger charge is -2.13. The average molecular weight is 489 g/mol. The van der Waals surface area contributed by atoms with Crippen LogP contribution in [-0.4, -0.2) is 31.3 Å². The highest BCUT2D eigenvalue weighted by Gasteiger charge is 2.17.